The Morgan fingerprint density at radius 2 is 1.67 bits per heavy atom. The fourth-order valence-electron chi connectivity index (χ4n) is 4.38. The minimum Gasteiger partial charge on any atom is -0.496 e. The molecule has 0 radical (unpaired) electrons. The molecule has 1 aliphatic rings. The Labute approximate surface area is 238 Å². The Balaban J connectivity index is 2.03. The van der Waals surface area contributed by atoms with E-state index in [1.165, 1.54) is 30.1 Å². The van der Waals surface area contributed by atoms with E-state index in [1.807, 2.05) is 12.1 Å². The number of ether oxygens (including phenoxy) is 5. The lowest BCUT2D eigenvalue weighted by Crippen LogP contribution is -2.40. The summed E-state index contributed by atoms with van der Waals surface area (Å²) >= 11 is 4.72. The van der Waals surface area contributed by atoms with Crippen molar-refractivity contribution < 1.29 is 28.5 Å². The summed E-state index contributed by atoms with van der Waals surface area (Å²) in [6, 6.07) is 8.04. The number of allylic oxidation sites excluding steroid dienone is 1. The summed E-state index contributed by atoms with van der Waals surface area (Å²) in [4.78, 5) is 32.5. The van der Waals surface area contributed by atoms with Gasteiger partial charge in [-0.15, -0.1) is 0 Å². The summed E-state index contributed by atoms with van der Waals surface area (Å²) in [5.41, 5.74) is 1.56. The van der Waals surface area contributed by atoms with Crippen LogP contribution < -0.4 is 33.8 Å². The summed E-state index contributed by atoms with van der Waals surface area (Å²) in [5, 5.41) is 0. The number of halogens is 1. The number of nitrogens with zero attached hydrogens (tertiary/aromatic N) is 2. The van der Waals surface area contributed by atoms with Gasteiger partial charge < -0.3 is 23.7 Å². The van der Waals surface area contributed by atoms with Crippen LogP contribution in [0.4, 0.5) is 0 Å². The van der Waals surface area contributed by atoms with Crippen molar-refractivity contribution in [3.63, 3.8) is 0 Å². The quantitative estimate of drug-likeness (QED) is 0.353. The number of thiazole rings is 1. The number of esters is 1. The maximum Gasteiger partial charge on any atom is 0.338 e. The van der Waals surface area contributed by atoms with Crippen LogP contribution in [0.2, 0.25) is 0 Å². The fourth-order valence-corrected chi connectivity index (χ4v) is 5.79. The first kappa shape index (κ1) is 28.4. The molecule has 4 rings (SSSR count). The van der Waals surface area contributed by atoms with E-state index in [0.29, 0.717) is 49.2 Å². The molecule has 0 amide bonds. The Bertz CT molecular complexity index is 1610. The zero-order chi connectivity index (χ0) is 28.4. The number of hydrogen-bond donors (Lipinski definition) is 0. The normalized spacial score (nSPS) is 15.1. The first-order valence-corrected chi connectivity index (χ1v) is 13.6. The number of rotatable bonds is 8. The fraction of sp³-hybridized carbons (Fsp3) is 0.321. The number of carbonyl (C=O) groups excluding carboxylic acids is 1. The van der Waals surface area contributed by atoms with Gasteiger partial charge in [-0.2, -0.15) is 0 Å². The maximum atomic E-state index is 14.1. The Kier molecular flexibility index (Phi) is 8.51. The third-order valence-corrected chi connectivity index (χ3v) is 7.58. The minimum atomic E-state index is -0.832. The van der Waals surface area contributed by atoms with Crippen molar-refractivity contribution in [2.75, 3.05) is 28.4 Å². The highest BCUT2D eigenvalue weighted by atomic mass is 79.9. The zero-order valence-corrected chi connectivity index (χ0v) is 25.1. The molecule has 2 heterocycles. The van der Waals surface area contributed by atoms with Gasteiger partial charge in [0.2, 0.25) is 0 Å². The third kappa shape index (κ3) is 5.46. The summed E-state index contributed by atoms with van der Waals surface area (Å²) in [6.45, 7) is 5.28. The molecule has 1 atom stereocenters. The highest BCUT2D eigenvalue weighted by molar-refractivity contribution is 9.10. The first-order valence-electron chi connectivity index (χ1n) is 12.0. The summed E-state index contributed by atoms with van der Waals surface area (Å²) < 4.78 is 30.4. The maximum absolute atomic E-state index is 14.1. The molecule has 0 fully saturated rings. The Morgan fingerprint density at radius 1 is 1.03 bits per heavy atom. The Hall–Kier alpha value is -3.57. The lowest BCUT2D eigenvalue weighted by Gasteiger charge is -2.26. The molecule has 0 unspecified atom stereocenters. The number of fused-ring (bicyclic) bond motifs is 1. The number of hydrogen-bond acceptors (Lipinski definition) is 9. The van der Waals surface area contributed by atoms with Gasteiger partial charge in [-0.25, -0.2) is 9.79 Å². The molecule has 39 heavy (non-hydrogen) atoms. The molecule has 9 nitrogen and oxygen atoms in total. The largest absolute Gasteiger partial charge is 0.496 e. The van der Waals surface area contributed by atoms with Gasteiger partial charge in [0.15, 0.2) is 4.80 Å². The van der Waals surface area contributed by atoms with Crippen molar-refractivity contribution in [2.24, 2.45) is 4.99 Å². The first-order chi connectivity index (χ1) is 18.6. The van der Waals surface area contributed by atoms with Crippen LogP contribution in [-0.4, -0.2) is 45.1 Å². The molecule has 11 heteroatoms. The van der Waals surface area contributed by atoms with Crippen molar-refractivity contribution in [3.8, 4) is 23.0 Å². The zero-order valence-electron chi connectivity index (χ0n) is 22.7. The molecule has 3 aromatic rings. The second-order valence-electron chi connectivity index (χ2n) is 8.87. The molecule has 206 valence electrons. The molecule has 0 N–H and O–H groups in total. The molecule has 0 aliphatic carbocycles. The summed E-state index contributed by atoms with van der Waals surface area (Å²) in [6.07, 6.45) is 1.34. The molecule has 0 saturated heterocycles. The van der Waals surface area contributed by atoms with Crippen molar-refractivity contribution in [3.05, 3.63) is 76.9 Å². The van der Waals surface area contributed by atoms with E-state index < -0.39 is 12.0 Å². The predicted octanol–water partition coefficient (Wildman–Crippen LogP) is 3.98. The van der Waals surface area contributed by atoms with Gasteiger partial charge in [0.25, 0.3) is 5.56 Å². The predicted molar refractivity (Wildman–Crippen MR) is 152 cm³/mol. The van der Waals surface area contributed by atoms with Gasteiger partial charge in [-0.3, -0.25) is 9.36 Å². The standard InChI is InChI=1S/C28H29BrN2O7S/c1-14(2)38-27(33)24-15(3)30-28-31(25(24)19-10-16(29)8-9-20(19)35-5)26(32)23(39-28)13-18-21(36-6)11-17(34-4)12-22(18)37-7/h8-14,25H,1-7H3/b23-13-/t25-/m1/s1. The van der Waals surface area contributed by atoms with E-state index in [-0.39, 0.29) is 17.2 Å². The summed E-state index contributed by atoms with van der Waals surface area (Å²) in [5.74, 6) is 1.46. The van der Waals surface area contributed by atoms with Crippen LogP contribution in [0.15, 0.2) is 55.9 Å². The number of methoxy groups -OCH3 is 4. The number of carbonyl (C=O) groups is 1. The molecule has 1 aromatic heterocycles. The van der Waals surface area contributed by atoms with Crippen LogP contribution >= 0.6 is 27.3 Å². The van der Waals surface area contributed by atoms with Crippen LogP contribution in [0.3, 0.4) is 0 Å². The van der Waals surface area contributed by atoms with E-state index in [0.717, 1.165) is 4.47 Å². The number of aromatic nitrogens is 1. The molecule has 0 bridgehead atoms. The lowest BCUT2D eigenvalue weighted by molar-refractivity contribution is -0.143. The molecule has 0 saturated carbocycles. The second kappa shape index (κ2) is 11.7. The monoisotopic (exact) mass is 616 g/mol. The highest BCUT2D eigenvalue weighted by Crippen LogP contribution is 2.38. The Morgan fingerprint density at radius 3 is 2.23 bits per heavy atom. The van der Waals surface area contributed by atoms with E-state index in [1.54, 1.807) is 59.3 Å². The topological polar surface area (TPSA) is 97.6 Å². The smallest absolute Gasteiger partial charge is 0.338 e. The minimum absolute atomic E-state index is 0.263. The van der Waals surface area contributed by atoms with Crippen LogP contribution in [0.25, 0.3) is 6.08 Å². The van der Waals surface area contributed by atoms with Crippen molar-refractivity contribution in [2.45, 2.75) is 32.9 Å². The van der Waals surface area contributed by atoms with Gasteiger partial charge in [-0.1, -0.05) is 27.3 Å². The lowest BCUT2D eigenvalue weighted by atomic mass is 9.95. The van der Waals surface area contributed by atoms with E-state index in [4.69, 9.17) is 23.7 Å². The SMILES string of the molecule is COc1cc(OC)c(/C=c2\sc3n(c2=O)[C@H](c2cc(Br)ccc2OC)C(C(=O)OC(C)C)=C(C)N=3)c(OC)c1. The van der Waals surface area contributed by atoms with Crippen molar-refractivity contribution in [1.82, 2.24) is 4.57 Å². The number of benzene rings is 2. The van der Waals surface area contributed by atoms with E-state index in [2.05, 4.69) is 20.9 Å². The van der Waals surface area contributed by atoms with Crippen LogP contribution in [-0.2, 0) is 9.53 Å². The van der Waals surface area contributed by atoms with Crippen LogP contribution in [0.5, 0.6) is 23.0 Å². The van der Waals surface area contributed by atoms with Gasteiger partial charge in [-0.05, 0) is 45.0 Å². The highest BCUT2D eigenvalue weighted by Gasteiger charge is 2.35. The van der Waals surface area contributed by atoms with Crippen LogP contribution in [0, 0.1) is 0 Å². The molecule has 2 aromatic carbocycles. The van der Waals surface area contributed by atoms with Crippen molar-refractivity contribution in [1.29, 1.82) is 0 Å². The second-order valence-corrected chi connectivity index (χ2v) is 10.8. The molecule has 0 spiro atoms. The van der Waals surface area contributed by atoms with Gasteiger partial charge in [0.05, 0.1) is 55.9 Å². The van der Waals surface area contributed by atoms with Gasteiger partial charge in [0, 0.05) is 22.2 Å². The average Bonchev–Trinajstić information content (AvgIpc) is 3.21. The van der Waals surface area contributed by atoms with Crippen LogP contribution in [0.1, 0.15) is 37.9 Å². The summed E-state index contributed by atoms with van der Waals surface area (Å²) in [7, 11) is 6.15. The van der Waals surface area contributed by atoms with Gasteiger partial charge in [0.1, 0.15) is 29.0 Å². The molecular formula is C28H29BrN2O7S. The average molecular weight is 618 g/mol. The van der Waals surface area contributed by atoms with Gasteiger partial charge >= 0.3 is 5.97 Å². The van der Waals surface area contributed by atoms with E-state index in [9.17, 15) is 9.59 Å². The molecule has 1 aliphatic heterocycles. The van der Waals surface area contributed by atoms with E-state index >= 15 is 0 Å². The van der Waals surface area contributed by atoms with Crippen molar-refractivity contribution >= 4 is 39.3 Å². The third-order valence-electron chi connectivity index (χ3n) is 6.10. The molecular weight excluding hydrogens is 588 g/mol.